The van der Waals surface area contributed by atoms with E-state index in [0.717, 1.165) is 19.4 Å². The van der Waals surface area contributed by atoms with Crippen molar-refractivity contribution in [2.24, 2.45) is 0 Å². The third kappa shape index (κ3) is 1.80. The molecule has 2 saturated carbocycles. The van der Waals surface area contributed by atoms with E-state index in [-0.39, 0.29) is 5.60 Å². The molecule has 0 aromatic heterocycles. The lowest BCUT2D eigenvalue weighted by Crippen LogP contribution is -2.48. The molecule has 2 N–H and O–H groups in total. The first-order chi connectivity index (χ1) is 5.79. The van der Waals surface area contributed by atoms with Gasteiger partial charge in [-0.25, -0.2) is 0 Å². The molecule has 70 valence electrons. The minimum absolute atomic E-state index is 0.331. The fourth-order valence-corrected chi connectivity index (χ4v) is 2.23. The van der Waals surface area contributed by atoms with Crippen LogP contribution < -0.4 is 5.32 Å². The Kier molecular flexibility index (Phi) is 2.37. The molecule has 0 amide bonds. The molecular formula is C10H19NO. The summed E-state index contributed by atoms with van der Waals surface area (Å²) in [6.07, 6.45) is 8.60. The molecule has 12 heavy (non-hydrogen) atoms. The molecule has 2 aliphatic carbocycles. The summed E-state index contributed by atoms with van der Waals surface area (Å²) in [7, 11) is 0. The number of hydrogen-bond donors (Lipinski definition) is 2. The molecule has 2 fully saturated rings. The van der Waals surface area contributed by atoms with E-state index in [2.05, 4.69) is 5.32 Å². The maximum absolute atomic E-state index is 9.81. The minimum atomic E-state index is -0.331. The van der Waals surface area contributed by atoms with Gasteiger partial charge in [-0.05, 0) is 32.1 Å². The lowest BCUT2D eigenvalue weighted by Gasteiger charge is -2.37. The van der Waals surface area contributed by atoms with E-state index >= 15 is 0 Å². The van der Waals surface area contributed by atoms with Gasteiger partial charge < -0.3 is 10.4 Å². The standard InChI is InChI=1S/C10H19NO/c12-10(6-3-7-10)8-11-9-4-1-2-5-9/h9,11-12H,1-8H2. The van der Waals surface area contributed by atoms with Crippen LogP contribution >= 0.6 is 0 Å². The SMILES string of the molecule is OC1(CNC2CCCC2)CCC1. The van der Waals surface area contributed by atoms with E-state index < -0.39 is 0 Å². The van der Waals surface area contributed by atoms with Crippen LogP contribution in [0.25, 0.3) is 0 Å². The molecular weight excluding hydrogens is 150 g/mol. The predicted octanol–water partition coefficient (Wildman–Crippen LogP) is 1.43. The summed E-state index contributed by atoms with van der Waals surface area (Å²) in [5.41, 5.74) is -0.331. The summed E-state index contributed by atoms with van der Waals surface area (Å²) in [5.74, 6) is 0. The van der Waals surface area contributed by atoms with Gasteiger partial charge in [0.1, 0.15) is 0 Å². The predicted molar refractivity (Wildman–Crippen MR) is 49.1 cm³/mol. The van der Waals surface area contributed by atoms with Crippen molar-refractivity contribution in [2.45, 2.75) is 56.6 Å². The van der Waals surface area contributed by atoms with Crippen LogP contribution in [0.2, 0.25) is 0 Å². The molecule has 0 saturated heterocycles. The second-order valence-electron chi connectivity index (χ2n) is 4.44. The highest BCUT2D eigenvalue weighted by Crippen LogP contribution is 2.31. The molecule has 0 spiro atoms. The second-order valence-corrected chi connectivity index (χ2v) is 4.44. The van der Waals surface area contributed by atoms with Gasteiger partial charge in [-0.15, -0.1) is 0 Å². The van der Waals surface area contributed by atoms with Crippen molar-refractivity contribution >= 4 is 0 Å². The Balaban J connectivity index is 1.67. The van der Waals surface area contributed by atoms with Gasteiger partial charge in [-0.3, -0.25) is 0 Å². The zero-order valence-electron chi connectivity index (χ0n) is 7.68. The molecule has 0 unspecified atom stereocenters. The van der Waals surface area contributed by atoms with E-state index in [4.69, 9.17) is 0 Å². The maximum Gasteiger partial charge on any atom is 0.0771 e. The van der Waals surface area contributed by atoms with Crippen molar-refractivity contribution in [3.8, 4) is 0 Å². The number of nitrogens with one attached hydrogen (secondary N) is 1. The van der Waals surface area contributed by atoms with E-state index in [1.807, 2.05) is 0 Å². The van der Waals surface area contributed by atoms with Crippen molar-refractivity contribution in [3.05, 3.63) is 0 Å². The number of rotatable bonds is 3. The lowest BCUT2D eigenvalue weighted by atomic mass is 9.80. The monoisotopic (exact) mass is 169 g/mol. The van der Waals surface area contributed by atoms with Gasteiger partial charge >= 0.3 is 0 Å². The summed E-state index contributed by atoms with van der Waals surface area (Å²) in [5, 5.41) is 13.3. The average molecular weight is 169 g/mol. The van der Waals surface area contributed by atoms with Crippen molar-refractivity contribution < 1.29 is 5.11 Å². The largest absolute Gasteiger partial charge is 0.389 e. The van der Waals surface area contributed by atoms with Crippen LogP contribution in [-0.4, -0.2) is 23.3 Å². The van der Waals surface area contributed by atoms with Crippen LogP contribution in [0.1, 0.15) is 44.9 Å². The van der Waals surface area contributed by atoms with E-state index in [9.17, 15) is 5.11 Å². The van der Waals surface area contributed by atoms with E-state index in [1.54, 1.807) is 0 Å². The highest BCUT2D eigenvalue weighted by molar-refractivity contribution is 4.90. The molecule has 2 heteroatoms. The van der Waals surface area contributed by atoms with E-state index in [0.29, 0.717) is 6.04 Å². The first-order valence-corrected chi connectivity index (χ1v) is 5.24. The Labute approximate surface area is 74.4 Å². The average Bonchev–Trinajstić information content (AvgIpc) is 2.49. The van der Waals surface area contributed by atoms with Gasteiger partial charge in [0.15, 0.2) is 0 Å². The Morgan fingerprint density at radius 2 is 1.83 bits per heavy atom. The summed E-state index contributed by atoms with van der Waals surface area (Å²) >= 11 is 0. The first kappa shape index (κ1) is 8.52. The van der Waals surface area contributed by atoms with Crippen molar-refractivity contribution in [3.63, 3.8) is 0 Å². The summed E-state index contributed by atoms with van der Waals surface area (Å²) in [6, 6.07) is 0.703. The smallest absolute Gasteiger partial charge is 0.0771 e. The lowest BCUT2D eigenvalue weighted by molar-refractivity contribution is -0.0330. The molecule has 0 radical (unpaired) electrons. The highest BCUT2D eigenvalue weighted by atomic mass is 16.3. The van der Waals surface area contributed by atoms with Crippen LogP contribution in [0.4, 0.5) is 0 Å². The summed E-state index contributed by atoms with van der Waals surface area (Å²) < 4.78 is 0. The highest BCUT2D eigenvalue weighted by Gasteiger charge is 2.34. The fraction of sp³-hybridized carbons (Fsp3) is 1.00. The van der Waals surface area contributed by atoms with Crippen LogP contribution in [-0.2, 0) is 0 Å². The molecule has 0 atom stereocenters. The van der Waals surface area contributed by atoms with Gasteiger partial charge in [0.05, 0.1) is 5.60 Å². The second kappa shape index (κ2) is 3.35. The zero-order chi connectivity index (χ0) is 8.44. The quantitative estimate of drug-likeness (QED) is 0.670. The number of hydrogen-bond acceptors (Lipinski definition) is 2. The first-order valence-electron chi connectivity index (χ1n) is 5.24. The minimum Gasteiger partial charge on any atom is -0.389 e. The van der Waals surface area contributed by atoms with Gasteiger partial charge in [0.25, 0.3) is 0 Å². The van der Waals surface area contributed by atoms with Gasteiger partial charge in [0.2, 0.25) is 0 Å². The van der Waals surface area contributed by atoms with Gasteiger partial charge in [0, 0.05) is 12.6 Å². The normalized spacial score (nSPS) is 28.8. The molecule has 2 rings (SSSR count). The summed E-state index contributed by atoms with van der Waals surface area (Å²) in [4.78, 5) is 0. The van der Waals surface area contributed by atoms with Crippen LogP contribution in [0, 0.1) is 0 Å². The van der Waals surface area contributed by atoms with Crippen molar-refractivity contribution in [2.75, 3.05) is 6.54 Å². The van der Waals surface area contributed by atoms with Crippen LogP contribution in [0.5, 0.6) is 0 Å². The molecule has 2 nitrogen and oxygen atoms in total. The maximum atomic E-state index is 9.81. The molecule has 0 heterocycles. The van der Waals surface area contributed by atoms with E-state index in [1.165, 1.54) is 32.1 Å². The fourth-order valence-electron chi connectivity index (χ4n) is 2.23. The Morgan fingerprint density at radius 3 is 2.33 bits per heavy atom. The zero-order valence-corrected chi connectivity index (χ0v) is 7.68. The van der Waals surface area contributed by atoms with Gasteiger partial charge in [-0.2, -0.15) is 0 Å². The topological polar surface area (TPSA) is 32.3 Å². The van der Waals surface area contributed by atoms with Crippen LogP contribution in [0.15, 0.2) is 0 Å². The Hall–Kier alpha value is -0.0800. The number of aliphatic hydroxyl groups is 1. The van der Waals surface area contributed by atoms with Gasteiger partial charge in [-0.1, -0.05) is 12.8 Å². The Morgan fingerprint density at radius 1 is 1.17 bits per heavy atom. The van der Waals surface area contributed by atoms with Crippen molar-refractivity contribution in [1.82, 2.24) is 5.32 Å². The van der Waals surface area contributed by atoms with Crippen molar-refractivity contribution in [1.29, 1.82) is 0 Å². The molecule has 2 aliphatic rings. The molecule has 0 aromatic carbocycles. The molecule has 0 aromatic rings. The van der Waals surface area contributed by atoms with Crippen LogP contribution in [0.3, 0.4) is 0 Å². The third-order valence-electron chi connectivity index (χ3n) is 3.36. The molecule has 0 bridgehead atoms. The third-order valence-corrected chi connectivity index (χ3v) is 3.36. The Bertz CT molecular complexity index is 148. The molecule has 0 aliphatic heterocycles. The summed E-state index contributed by atoms with van der Waals surface area (Å²) in [6.45, 7) is 0.831.